The highest BCUT2D eigenvalue weighted by Gasteiger charge is 2.22. The average Bonchev–Trinajstić information content (AvgIpc) is 3.24. The number of rotatable bonds is 8. The summed E-state index contributed by atoms with van der Waals surface area (Å²) in [4.78, 5) is 28.4. The number of hydroxylamine groups is 1. The lowest BCUT2D eigenvalue weighted by molar-refractivity contribution is -0.198. The van der Waals surface area contributed by atoms with Crippen LogP contribution in [0.5, 0.6) is 0 Å². The number of nitrogens with one attached hydrogen (secondary N) is 2. The van der Waals surface area contributed by atoms with Gasteiger partial charge in [-0.2, -0.15) is 0 Å². The molecule has 2 saturated heterocycles. The maximum Gasteiger partial charge on any atom is 0.267 e. The van der Waals surface area contributed by atoms with Crippen molar-refractivity contribution in [1.29, 1.82) is 0 Å². The Balaban J connectivity index is 1.20. The van der Waals surface area contributed by atoms with Crippen molar-refractivity contribution in [3.63, 3.8) is 0 Å². The maximum atomic E-state index is 11.9. The minimum absolute atomic E-state index is 0.348. The van der Waals surface area contributed by atoms with Gasteiger partial charge in [0.2, 0.25) is 0 Å². The van der Waals surface area contributed by atoms with Gasteiger partial charge in [-0.25, -0.2) is 15.3 Å². The summed E-state index contributed by atoms with van der Waals surface area (Å²) < 4.78 is 5.41. The van der Waals surface area contributed by atoms with Crippen molar-refractivity contribution in [3.8, 4) is 0 Å². The lowest BCUT2D eigenvalue weighted by Crippen LogP contribution is -2.32. The number of benzene rings is 1. The summed E-state index contributed by atoms with van der Waals surface area (Å²) in [7, 11) is 0. The van der Waals surface area contributed by atoms with Crippen LogP contribution < -0.4 is 10.8 Å². The van der Waals surface area contributed by atoms with Crippen molar-refractivity contribution >= 4 is 17.8 Å². The molecule has 3 heterocycles. The third-order valence-corrected chi connectivity index (χ3v) is 5.62. The first kappa shape index (κ1) is 22.4. The van der Waals surface area contributed by atoms with Gasteiger partial charge in [0, 0.05) is 44.8 Å². The second-order valence-electron chi connectivity index (χ2n) is 8.39. The molecule has 4 rings (SSSR count). The Hall–Kier alpha value is -2.81. The number of aromatic nitrogens is 2. The smallest absolute Gasteiger partial charge is 0.267 e. The third kappa shape index (κ3) is 6.85. The molecule has 2 N–H and O–H groups in total. The molecule has 2 atom stereocenters. The molecule has 170 valence electrons. The van der Waals surface area contributed by atoms with Crippen molar-refractivity contribution in [1.82, 2.24) is 20.3 Å². The number of likely N-dealkylation sites (tertiary alicyclic amines) is 1. The van der Waals surface area contributed by atoms with E-state index in [0.717, 1.165) is 51.1 Å². The van der Waals surface area contributed by atoms with Gasteiger partial charge >= 0.3 is 0 Å². The zero-order chi connectivity index (χ0) is 22.2. The van der Waals surface area contributed by atoms with Gasteiger partial charge in [0.15, 0.2) is 6.29 Å². The van der Waals surface area contributed by atoms with Gasteiger partial charge in [-0.1, -0.05) is 29.8 Å². The normalized spacial score (nSPS) is 21.7. The Morgan fingerprint density at radius 2 is 2.22 bits per heavy atom. The SMILES string of the molecule is Cc1cccc(CN2CC[C@@H](Nc3cnc(C=CC(=O)NOC4CCCCO4)cn3)C2)c1. The van der Waals surface area contributed by atoms with E-state index in [2.05, 4.69) is 56.9 Å². The van der Waals surface area contributed by atoms with Crippen LogP contribution in [0.2, 0.25) is 0 Å². The quantitative estimate of drug-likeness (QED) is 0.485. The number of nitrogens with zero attached hydrogens (tertiary/aromatic N) is 3. The first-order valence-corrected chi connectivity index (χ1v) is 11.3. The van der Waals surface area contributed by atoms with Crippen molar-refractivity contribution in [2.24, 2.45) is 0 Å². The fourth-order valence-corrected chi connectivity index (χ4v) is 3.99. The van der Waals surface area contributed by atoms with Crippen LogP contribution in [0.4, 0.5) is 5.82 Å². The van der Waals surface area contributed by atoms with Crippen molar-refractivity contribution in [2.45, 2.75) is 51.5 Å². The van der Waals surface area contributed by atoms with Crippen LogP contribution in [0.25, 0.3) is 6.08 Å². The van der Waals surface area contributed by atoms with Crippen LogP contribution in [0.1, 0.15) is 42.5 Å². The molecular weight excluding hydrogens is 406 g/mol. The largest absolute Gasteiger partial charge is 0.365 e. The van der Waals surface area contributed by atoms with Crippen LogP contribution in [-0.2, 0) is 20.9 Å². The molecule has 2 fully saturated rings. The highest BCUT2D eigenvalue weighted by Crippen LogP contribution is 2.17. The minimum atomic E-state index is -0.366. The zero-order valence-corrected chi connectivity index (χ0v) is 18.5. The summed E-state index contributed by atoms with van der Waals surface area (Å²) in [5.74, 6) is 0.384. The van der Waals surface area contributed by atoms with Gasteiger partial charge in [-0.3, -0.25) is 14.7 Å². The van der Waals surface area contributed by atoms with Crippen molar-refractivity contribution in [2.75, 3.05) is 25.0 Å². The lowest BCUT2D eigenvalue weighted by Gasteiger charge is -2.21. The predicted octanol–water partition coefficient (Wildman–Crippen LogP) is 3.06. The van der Waals surface area contributed by atoms with Crippen LogP contribution >= 0.6 is 0 Å². The molecule has 32 heavy (non-hydrogen) atoms. The van der Waals surface area contributed by atoms with E-state index >= 15 is 0 Å². The molecule has 0 saturated carbocycles. The average molecular weight is 438 g/mol. The number of hydrogen-bond acceptors (Lipinski definition) is 7. The highest BCUT2D eigenvalue weighted by molar-refractivity contribution is 5.90. The second-order valence-corrected chi connectivity index (χ2v) is 8.39. The number of ether oxygens (including phenoxy) is 1. The topological polar surface area (TPSA) is 88.6 Å². The third-order valence-electron chi connectivity index (χ3n) is 5.62. The predicted molar refractivity (Wildman–Crippen MR) is 122 cm³/mol. The fraction of sp³-hybridized carbons (Fsp3) is 0.458. The molecular formula is C24H31N5O3. The molecule has 1 amide bonds. The Morgan fingerprint density at radius 1 is 1.28 bits per heavy atom. The Bertz CT molecular complexity index is 912. The first-order chi connectivity index (χ1) is 15.6. The fourth-order valence-electron chi connectivity index (χ4n) is 3.99. The van der Waals surface area contributed by atoms with E-state index in [0.29, 0.717) is 18.3 Å². The molecule has 0 bridgehead atoms. The standard InChI is InChI=1S/C24H31N5O3/c1-18-5-4-6-19(13-18)16-29-11-10-21(17-29)27-22-15-25-20(14-26-22)8-9-23(30)28-32-24-7-2-3-12-31-24/h4-6,8-9,13-15,21,24H,2-3,7,10-12,16-17H2,1H3,(H,26,27)(H,28,30)/t21-,24?/m1/s1. The zero-order valence-electron chi connectivity index (χ0n) is 18.5. The van der Waals surface area contributed by atoms with Gasteiger partial charge in [-0.15, -0.1) is 0 Å². The van der Waals surface area contributed by atoms with Gasteiger partial charge in [0.05, 0.1) is 18.1 Å². The van der Waals surface area contributed by atoms with Crippen molar-refractivity contribution in [3.05, 3.63) is 59.6 Å². The van der Waals surface area contributed by atoms with E-state index in [1.807, 2.05) is 0 Å². The van der Waals surface area contributed by atoms with Gasteiger partial charge in [0.1, 0.15) is 5.82 Å². The minimum Gasteiger partial charge on any atom is -0.365 e. The Morgan fingerprint density at radius 3 is 3.00 bits per heavy atom. The van der Waals surface area contributed by atoms with E-state index in [1.54, 1.807) is 18.5 Å². The maximum absolute atomic E-state index is 11.9. The van der Waals surface area contributed by atoms with Gasteiger partial charge in [0.25, 0.3) is 5.91 Å². The van der Waals surface area contributed by atoms with E-state index < -0.39 is 0 Å². The molecule has 0 aliphatic carbocycles. The van der Waals surface area contributed by atoms with Crippen LogP contribution in [0.3, 0.4) is 0 Å². The molecule has 2 aliphatic heterocycles. The Kier molecular flexibility index (Phi) is 7.82. The highest BCUT2D eigenvalue weighted by atomic mass is 16.8. The molecule has 8 nitrogen and oxygen atoms in total. The molecule has 1 aromatic heterocycles. The summed E-state index contributed by atoms with van der Waals surface area (Å²) in [5, 5.41) is 3.46. The summed E-state index contributed by atoms with van der Waals surface area (Å²) in [6.45, 7) is 5.79. The molecule has 0 spiro atoms. The molecule has 2 aliphatic rings. The molecule has 8 heteroatoms. The summed E-state index contributed by atoms with van der Waals surface area (Å²) in [6.07, 6.45) is 9.89. The summed E-state index contributed by atoms with van der Waals surface area (Å²) in [6, 6.07) is 9.02. The second kappa shape index (κ2) is 11.2. The monoisotopic (exact) mass is 437 g/mol. The van der Waals surface area contributed by atoms with Crippen LogP contribution in [-0.4, -0.2) is 52.8 Å². The van der Waals surface area contributed by atoms with Crippen LogP contribution in [0, 0.1) is 6.92 Å². The number of aryl methyl sites for hydroxylation is 1. The number of amides is 1. The molecule has 2 aromatic rings. The lowest BCUT2D eigenvalue weighted by atomic mass is 10.1. The van der Waals surface area contributed by atoms with Gasteiger partial charge in [-0.05, 0) is 37.8 Å². The first-order valence-electron chi connectivity index (χ1n) is 11.3. The number of carbonyl (C=O) groups excluding carboxylic acids is 1. The molecule has 1 unspecified atom stereocenters. The van der Waals surface area contributed by atoms with E-state index in [9.17, 15) is 4.79 Å². The van der Waals surface area contributed by atoms with Crippen LogP contribution in [0.15, 0.2) is 42.7 Å². The van der Waals surface area contributed by atoms with Gasteiger partial charge < -0.3 is 10.1 Å². The molecule has 0 radical (unpaired) electrons. The number of anilines is 1. The summed E-state index contributed by atoms with van der Waals surface area (Å²) >= 11 is 0. The number of carbonyl (C=O) groups is 1. The van der Waals surface area contributed by atoms with E-state index in [-0.39, 0.29) is 12.2 Å². The number of hydrogen-bond donors (Lipinski definition) is 2. The molecule has 1 aromatic carbocycles. The Labute approximate surface area is 189 Å². The summed E-state index contributed by atoms with van der Waals surface area (Å²) in [5.41, 5.74) is 5.64. The van der Waals surface area contributed by atoms with E-state index in [4.69, 9.17) is 9.57 Å². The van der Waals surface area contributed by atoms with E-state index in [1.165, 1.54) is 17.2 Å². The van der Waals surface area contributed by atoms with Crippen molar-refractivity contribution < 1.29 is 14.4 Å².